The summed E-state index contributed by atoms with van der Waals surface area (Å²) in [5.41, 5.74) is 12.4. The van der Waals surface area contributed by atoms with Crippen LogP contribution in [-0.4, -0.2) is 0 Å². The van der Waals surface area contributed by atoms with Crippen LogP contribution in [0.2, 0.25) is 0 Å². The van der Waals surface area contributed by atoms with E-state index in [4.69, 9.17) is 0 Å². The smallest absolute Gasteiger partial charge is 0.0494 e. The van der Waals surface area contributed by atoms with Crippen molar-refractivity contribution in [3.8, 4) is 0 Å². The van der Waals surface area contributed by atoms with Crippen LogP contribution < -0.4 is 10.2 Å². The van der Waals surface area contributed by atoms with Crippen LogP contribution in [0.1, 0.15) is 55.5 Å². The molecule has 0 aliphatic heterocycles. The molecule has 1 N–H and O–H groups in total. The third-order valence-electron chi connectivity index (χ3n) is 6.74. The van der Waals surface area contributed by atoms with Crippen LogP contribution in [0.5, 0.6) is 0 Å². The summed E-state index contributed by atoms with van der Waals surface area (Å²) in [6.45, 7) is 15.7. The quantitative estimate of drug-likeness (QED) is 0.251. The van der Waals surface area contributed by atoms with Gasteiger partial charge < -0.3 is 10.2 Å². The molecule has 0 aliphatic rings. The van der Waals surface area contributed by atoms with Gasteiger partial charge in [-0.1, -0.05) is 69.7 Å². The minimum Gasteiger partial charge on any atom is -0.355 e. The fourth-order valence-corrected chi connectivity index (χ4v) is 4.99. The maximum absolute atomic E-state index is 3.69. The summed E-state index contributed by atoms with van der Waals surface area (Å²) in [6, 6.07) is 31.3. The lowest BCUT2D eigenvalue weighted by molar-refractivity contribution is 0.647. The molecule has 4 rings (SSSR count). The molecule has 4 aromatic carbocycles. The van der Waals surface area contributed by atoms with Crippen LogP contribution >= 0.6 is 0 Å². The van der Waals surface area contributed by atoms with Gasteiger partial charge in [0.2, 0.25) is 0 Å². The second-order valence-electron chi connectivity index (χ2n) is 11.3. The first-order chi connectivity index (χ1) is 17.7. The van der Waals surface area contributed by atoms with Gasteiger partial charge in [-0.05, 0) is 116 Å². The van der Waals surface area contributed by atoms with Gasteiger partial charge in [0, 0.05) is 28.4 Å². The lowest BCUT2D eigenvalue weighted by Crippen LogP contribution is -2.12. The fraction of sp³-hybridized carbons (Fsp3) is 0.314. The summed E-state index contributed by atoms with van der Waals surface area (Å²) >= 11 is 0. The maximum atomic E-state index is 3.69. The summed E-state index contributed by atoms with van der Waals surface area (Å²) in [5.74, 6) is 1.27. The average Bonchev–Trinajstić information content (AvgIpc) is 2.83. The van der Waals surface area contributed by atoms with E-state index in [9.17, 15) is 0 Å². The van der Waals surface area contributed by atoms with Crippen LogP contribution in [0, 0.1) is 32.6 Å². The van der Waals surface area contributed by atoms with Gasteiger partial charge in [-0.15, -0.1) is 0 Å². The van der Waals surface area contributed by atoms with E-state index in [2.05, 4.69) is 144 Å². The van der Waals surface area contributed by atoms with Gasteiger partial charge in [0.25, 0.3) is 0 Å². The van der Waals surface area contributed by atoms with Crippen molar-refractivity contribution >= 4 is 28.4 Å². The summed E-state index contributed by atoms with van der Waals surface area (Å²) < 4.78 is 0. The van der Waals surface area contributed by atoms with Gasteiger partial charge in [0.1, 0.15) is 0 Å². The molecule has 0 spiro atoms. The van der Waals surface area contributed by atoms with E-state index >= 15 is 0 Å². The highest BCUT2D eigenvalue weighted by Gasteiger charge is 2.17. The van der Waals surface area contributed by atoms with Crippen molar-refractivity contribution in [1.82, 2.24) is 0 Å². The third-order valence-corrected chi connectivity index (χ3v) is 6.74. The summed E-state index contributed by atoms with van der Waals surface area (Å²) in [5, 5.41) is 3.69. The minimum absolute atomic E-state index is 0.622. The number of hydrogen-bond acceptors (Lipinski definition) is 2. The largest absolute Gasteiger partial charge is 0.355 e. The first-order valence-electron chi connectivity index (χ1n) is 13.6. The Balaban J connectivity index is 1.73. The molecule has 0 radical (unpaired) electrons. The Morgan fingerprint density at radius 2 is 1.24 bits per heavy atom. The van der Waals surface area contributed by atoms with E-state index < -0.39 is 0 Å². The van der Waals surface area contributed by atoms with Crippen molar-refractivity contribution < 1.29 is 0 Å². The van der Waals surface area contributed by atoms with Crippen LogP contribution in [0.15, 0.2) is 84.9 Å². The Bertz CT molecular complexity index is 1330. The molecule has 0 atom stereocenters. The molecule has 0 saturated carbocycles. The van der Waals surface area contributed by atoms with Gasteiger partial charge in [0.15, 0.2) is 0 Å². The van der Waals surface area contributed by atoms with Crippen molar-refractivity contribution in [3.63, 3.8) is 0 Å². The van der Waals surface area contributed by atoms with E-state index in [-0.39, 0.29) is 0 Å². The van der Waals surface area contributed by atoms with Crippen LogP contribution in [0.4, 0.5) is 28.4 Å². The number of hydrogen-bond donors (Lipinski definition) is 1. The topological polar surface area (TPSA) is 15.3 Å². The first kappa shape index (κ1) is 26.5. The van der Waals surface area contributed by atoms with Gasteiger partial charge in [-0.25, -0.2) is 0 Å². The summed E-state index contributed by atoms with van der Waals surface area (Å²) in [4.78, 5) is 2.40. The molecule has 0 aliphatic carbocycles. The fourth-order valence-electron chi connectivity index (χ4n) is 4.99. The van der Waals surface area contributed by atoms with Gasteiger partial charge in [-0.3, -0.25) is 0 Å². The van der Waals surface area contributed by atoms with E-state index in [0.29, 0.717) is 11.8 Å². The molecule has 37 heavy (non-hydrogen) atoms. The highest BCUT2D eigenvalue weighted by Crippen LogP contribution is 2.39. The second-order valence-corrected chi connectivity index (χ2v) is 11.3. The predicted molar refractivity (Wildman–Crippen MR) is 162 cm³/mol. The SMILES string of the molecule is Cc1ccc(N(c2cccc(CC(C)C)c2)c2cc(C)c(Nc3cccc(CC(C)C)c3)cc2C)cc1. The lowest BCUT2D eigenvalue weighted by atomic mass is 10.0. The van der Waals surface area contributed by atoms with Crippen LogP contribution in [0.25, 0.3) is 0 Å². The van der Waals surface area contributed by atoms with Crippen molar-refractivity contribution in [2.75, 3.05) is 10.2 Å². The number of rotatable bonds is 9. The number of aryl methyl sites for hydroxylation is 3. The second kappa shape index (κ2) is 11.7. The van der Waals surface area contributed by atoms with Crippen molar-refractivity contribution in [1.29, 1.82) is 0 Å². The molecule has 0 bridgehead atoms. The highest BCUT2D eigenvalue weighted by molar-refractivity contribution is 5.81. The zero-order chi connectivity index (χ0) is 26.5. The summed E-state index contributed by atoms with van der Waals surface area (Å²) in [7, 11) is 0. The Hall–Kier alpha value is -3.52. The molecule has 0 amide bonds. The summed E-state index contributed by atoms with van der Waals surface area (Å²) in [6.07, 6.45) is 2.17. The van der Waals surface area contributed by atoms with Crippen molar-refractivity contribution in [2.45, 2.75) is 61.3 Å². The molecule has 0 unspecified atom stereocenters. The number of nitrogens with zero attached hydrogens (tertiary/aromatic N) is 1. The predicted octanol–water partition coefficient (Wildman–Crippen LogP) is 10.2. The normalized spacial score (nSPS) is 11.3. The minimum atomic E-state index is 0.622. The Labute approximate surface area is 224 Å². The zero-order valence-electron chi connectivity index (χ0n) is 23.6. The molecule has 192 valence electrons. The molecule has 0 saturated heterocycles. The van der Waals surface area contributed by atoms with Crippen LogP contribution in [0.3, 0.4) is 0 Å². The lowest BCUT2D eigenvalue weighted by Gasteiger charge is -2.29. The third kappa shape index (κ3) is 6.83. The molecular weight excluding hydrogens is 448 g/mol. The highest BCUT2D eigenvalue weighted by atomic mass is 15.1. The molecule has 4 aromatic rings. The number of nitrogens with one attached hydrogen (secondary N) is 1. The molecule has 2 nitrogen and oxygen atoms in total. The average molecular weight is 491 g/mol. The molecule has 0 fully saturated rings. The van der Waals surface area contributed by atoms with Crippen molar-refractivity contribution in [3.05, 3.63) is 113 Å². The van der Waals surface area contributed by atoms with E-state index in [1.54, 1.807) is 0 Å². The van der Waals surface area contributed by atoms with Gasteiger partial charge >= 0.3 is 0 Å². The van der Waals surface area contributed by atoms with E-state index in [1.807, 2.05) is 0 Å². The zero-order valence-corrected chi connectivity index (χ0v) is 23.6. The van der Waals surface area contributed by atoms with Gasteiger partial charge in [-0.2, -0.15) is 0 Å². The molecule has 2 heteroatoms. The number of benzene rings is 4. The van der Waals surface area contributed by atoms with Crippen LogP contribution in [-0.2, 0) is 12.8 Å². The standard InChI is InChI=1S/C35H42N2/c1-24(2)18-29-10-8-12-31(22-29)36-34-20-28(7)35(21-27(34)6)37(32-16-14-26(5)15-17-32)33-13-9-11-30(23-33)19-25(3)4/h8-17,20-25,36H,18-19H2,1-7H3. The molecule has 0 heterocycles. The van der Waals surface area contributed by atoms with Gasteiger partial charge in [0.05, 0.1) is 0 Å². The Morgan fingerprint density at radius 3 is 1.89 bits per heavy atom. The number of anilines is 5. The first-order valence-corrected chi connectivity index (χ1v) is 13.6. The Morgan fingerprint density at radius 1 is 0.622 bits per heavy atom. The maximum Gasteiger partial charge on any atom is 0.0494 e. The molecular formula is C35H42N2. The van der Waals surface area contributed by atoms with E-state index in [1.165, 1.54) is 44.9 Å². The molecule has 0 aromatic heterocycles. The monoisotopic (exact) mass is 490 g/mol. The van der Waals surface area contributed by atoms with Crippen molar-refractivity contribution in [2.24, 2.45) is 11.8 Å². The van der Waals surface area contributed by atoms with E-state index in [0.717, 1.165) is 24.2 Å². The Kier molecular flexibility index (Phi) is 8.38.